The number of para-hydroxylation sites is 2. The van der Waals surface area contributed by atoms with Crippen molar-refractivity contribution >= 4 is 28.5 Å². The highest BCUT2D eigenvalue weighted by Gasteiger charge is 2.35. The third-order valence-electron chi connectivity index (χ3n) is 4.47. The maximum atomic E-state index is 12.9. The number of benzene rings is 2. The summed E-state index contributed by atoms with van der Waals surface area (Å²) in [6.45, 7) is 2.13. The smallest absolute Gasteiger partial charge is 0.276 e. The van der Waals surface area contributed by atoms with Crippen LogP contribution in [0.4, 0.5) is 0 Å². The third-order valence-corrected chi connectivity index (χ3v) is 5.42. The molecule has 0 aliphatic carbocycles. The second-order valence-corrected chi connectivity index (χ2v) is 7.42. The van der Waals surface area contributed by atoms with Gasteiger partial charge in [-0.15, -0.1) is 5.10 Å². The van der Waals surface area contributed by atoms with Crippen LogP contribution >= 0.6 is 11.8 Å². The number of hydrazone groups is 1. The summed E-state index contributed by atoms with van der Waals surface area (Å²) in [5.74, 6) is 0.812. The van der Waals surface area contributed by atoms with Crippen molar-refractivity contribution in [3.05, 3.63) is 64.7 Å². The van der Waals surface area contributed by atoms with E-state index in [1.54, 1.807) is 23.2 Å². The molecule has 2 aliphatic heterocycles. The largest absolute Gasteiger partial charge is 0.508 e. The van der Waals surface area contributed by atoms with Crippen LogP contribution in [0.2, 0.25) is 0 Å². The molecule has 0 aromatic heterocycles. The number of nitrogens with one attached hydrogen (secondary N) is 1. The van der Waals surface area contributed by atoms with Gasteiger partial charge in [0.25, 0.3) is 5.91 Å². The van der Waals surface area contributed by atoms with Gasteiger partial charge < -0.3 is 5.11 Å². The number of unbranched alkanes of at least 4 members (excludes halogenated alkanes) is 1. The molecule has 2 aromatic carbocycles. The summed E-state index contributed by atoms with van der Waals surface area (Å²) in [5, 5.41) is 21.6. The third kappa shape index (κ3) is 3.30. The normalized spacial score (nSPS) is 18.2. The van der Waals surface area contributed by atoms with E-state index in [0.29, 0.717) is 21.8 Å². The summed E-state index contributed by atoms with van der Waals surface area (Å²) in [4.78, 5) is 17.7. The summed E-state index contributed by atoms with van der Waals surface area (Å²) in [6, 6.07) is 14.5. The first kappa shape index (κ1) is 17.6. The van der Waals surface area contributed by atoms with Gasteiger partial charge in [0.2, 0.25) is 0 Å². The van der Waals surface area contributed by atoms with Crippen molar-refractivity contribution in [2.75, 3.05) is 5.75 Å². The van der Waals surface area contributed by atoms with Gasteiger partial charge in [-0.2, -0.15) is 0 Å². The average Bonchev–Trinajstić information content (AvgIpc) is 2.68. The number of carbonyl (C=O) groups is 1. The minimum atomic E-state index is -0.594. The Morgan fingerprint density at radius 3 is 2.78 bits per heavy atom. The molecule has 1 atom stereocenters. The van der Waals surface area contributed by atoms with Gasteiger partial charge in [0.1, 0.15) is 11.4 Å². The number of rotatable bonds is 4. The Kier molecular flexibility index (Phi) is 4.85. The molecule has 0 saturated heterocycles. The Balaban J connectivity index is 1.86. The predicted molar refractivity (Wildman–Crippen MR) is 106 cm³/mol. The zero-order valence-electron chi connectivity index (χ0n) is 14.9. The van der Waals surface area contributed by atoms with Crippen LogP contribution in [0, 0.1) is 0 Å². The maximum absolute atomic E-state index is 12.9. The monoisotopic (exact) mass is 380 g/mol. The Morgan fingerprint density at radius 1 is 1.19 bits per heavy atom. The second-order valence-electron chi connectivity index (χ2n) is 6.33. The minimum Gasteiger partial charge on any atom is -0.508 e. The highest BCUT2D eigenvalue weighted by atomic mass is 32.2. The van der Waals surface area contributed by atoms with E-state index in [1.807, 2.05) is 30.3 Å². The van der Waals surface area contributed by atoms with E-state index in [-0.39, 0.29) is 11.7 Å². The molecule has 2 heterocycles. The first-order chi connectivity index (χ1) is 13.2. The SMILES string of the molecule is CCCCSC1=NN2C(=c3ccccc3=NC2c2ccccc2O)C(=O)N1. The van der Waals surface area contributed by atoms with Crippen molar-refractivity contribution in [3.8, 4) is 5.75 Å². The van der Waals surface area contributed by atoms with Crippen LogP contribution in [0.5, 0.6) is 5.75 Å². The summed E-state index contributed by atoms with van der Waals surface area (Å²) in [5.41, 5.74) is 1.06. The number of aromatic hydroxyl groups is 1. The van der Waals surface area contributed by atoms with Crippen LogP contribution in [0.3, 0.4) is 0 Å². The summed E-state index contributed by atoms with van der Waals surface area (Å²) in [6.07, 6.45) is 1.54. The molecular weight excluding hydrogens is 360 g/mol. The lowest BCUT2D eigenvalue weighted by Crippen LogP contribution is -2.50. The molecule has 0 bridgehead atoms. The molecule has 0 saturated carbocycles. The summed E-state index contributed by atoms with van der Waals surface area (Å²) in [7, 11) is 0. The highest BCUT2D eigenvalue weighted by molar-refractivity contribution is 8.13. The van der Waals surface area contributed by atoms with Gasteiger partial charge in [-0.3, -0.25) is 15.1 Å². The first-order valence-corrected chi connectivity index (χ1v) is 9.94. The molecule has 2 N–H and O–H groups in total. The summed E-state index contributed by atoms with van der Waals surface area (Å²) < 4.78 is 0. The Bertz CT molecular complexity index is 1030. The van der Waals surface area contributed by atoms with Crippen LogP contribution in [-0.2, 0) is 4.79 Å². The van der Waals surface area contributed by atoms with Gasteiger partial charge in [0.15, 0.2) is 11.3 Å². The minimum absolute atomic E-state index is 0.131. The molecule has 0 fully saturated rings. The van der Waals surface area contributed by atoms with Crippen molar-refractivity contribution in [2.45, 2.75) is 25.9 Å². The van der Waals surface area contributed by atoms with Crippen LogP contribution in [0.1, 0.15) is 31.5 Å². The quantitative estimate of drug-likeness (QED) is 0.796. The standard InChI is InChI=1S/C20H20N4O2S/c1-2-3-12-27-20-22-19(26)17-13-8-4-6-10-15(13)21-18(24(17)23-20)14-9-5-7-11-16(14)25/h4-11,18,25H,2-3,12H2,1H3,(H,22,23,26). The molecule has 27 heavy (non-hydrogen) atoms. The van der Waals surface area contributed by atoms with Gasteiger partial charge in [0, 0.05) is 16.5 Å². The molecule has 1 unspecified atom stereocenters. The fourth-order valence-corrected chi connectivity index (χ4v) is 4.05. The van der Waals surface area contributed by atoms with Crippen LogP contribution in [0.25, 0.3) is 5.70 Å². The number of amidine groups is 1. The lowest BCUT2D eigenvalue weighted by atomic mass is 10.1. The Hall–Kier alpha value is -2.80. The number of nitrogens with zero attached hydrogens (tertiary/aromatic N) is 3. The fraction of sp³-hybridized carbons (Fsp3) is 0.250. The molecule has 138 valence electrons. The number of phenols is 1. The second kappa shape index (κ2) is 7.44. The predicted octanol–water partition coefficient (Wildman–Crippen LogP) is 2.07. The molecule has 2 aromatic rings. The van der Waals surface area contributed by atoms with Crippen LogP contribution in [0.15, 0.2) is 58.6 Å². The molecule has 7 heteroatoms. The van der Waals surface area contributed by atoms with E-state index in [9.17, 15) is 9.90 Å². The molecule has 1 amide bonds. The molecule has 6 nitrogen and oxygen atoms in total. The zero-order valence-corrected chi connectivity index (χ0v) is 15.7. The fourth-order valence-electron chi connectivity index (χ4n) is 3.11. The highest BCUT2D eigenvalue weighted by Crippen LogP contribution is 2.34. The van der Waals surface area contributed by atoms with Crippen molar-refractivity contribution in [1.29, 1.82) is 0 Å². The van der Waals surface area contributed by atoms with E-state index in [4.69, 9.17) is 4.99 Å². The number of hydrogen-bond acceptors (Lipinski definition) is 6. The van der Waals surface area contributed by atoms with Crippen LogP contribution < -0.4 is 15.9 Å². The number of phenolic OH excluding ortho intramolecular Hbond substituents is 1. The number of amides is 1. The van der Waals surface area contributed by atoms with Gasteiger partial charge in [0.05, 0.1) is 5.36 Å². The van der Waals surface area contributed by atoms with E-state index in [0.717, 1.165) is 23.8 Å². The number of thioether (sulfide) groups is 1. The molecule has 4 rings (SSSR count). The van der Waals surface area contributed by atoms with Gasteiger partial charge >= 0.3 is 0 Å². The lowest BCUT2D eigenvalue weighted by molar-refractivity contribution is -0.116. The first-order valence-electron chi connectivity index (χ1n) is 8.96. The average molecular weight is 380 g/mol. The number of fused-ring (bicyclic) bond motifs is 2. The molecule has 0 radical (unpaired) electrons. The number of hydrogen-bond donors (Lipinski definition) is 2. The van der Waals surface area contributed by atoms with E-state index in [2.05, 4.69) is 17.3 Å². The van der Waals surface area contributed by atoms with Gasteiger partial charge in [-0.05, 0) is 18.6 Å². The topological polar surface area (TPSA) is 77.3 Å². The van der Waals surface area contributed by atoms with Crippen molar-refractivity contribution < 1.29 is 9.90 Å². The zero-order chi connectivity index (χ0) is 18.8. The van der Waals surface area contributed by atoms with Crippen molar-refractivity contribution in [1.82, 2.24) is 10.3 Å². The van der Waals surface area contributed by atoms with Crippen LogP contribution in [-0.4, -0.2) is 26.9 Å². The van der Waals surface area contributed by atoms with Crippen molar-refractivity contribution in [3.63, 3.8) is 0 Å². The van der Waals surface area contributed by atoms with E-state index in [1.165, 1.54) is 11.8 Å². The van der Waals surface area contributed by atoms with E-state index < -0.39 is 6.17 Å². The van der Waals surface area contributed by atoms with Crippen molar-refractivity contribution in [2.24, 2.45) is 10.1 Å². The summed E-state index contributed by atoms with van der Waals surface area (Å²) >= 11 is 1.52. The Labute approximate surface area is 161 Å². The number of carbonyl (C=O) groups excluding carboxylic acids is 1. The molecule has 2 aliphatic rings. The van der Waals surface area contributed by atoms with Gasteiger partial charge in [-0.25, -0.2) is 5.01 Å². The molecule has 0 spiro atoms. The Morgan fingerprint density at radius 2 is 1.96 bits per heavy atom. The van der Waals surface area contributed by atoms with E-state index >= 15 is 0 Å². The maximum Gasteiger partial charge on any atom is 0.276 e. The van der Waals surface area contributed by atoms with Gasteiger partial charge in [-0.1, -0.05) is 61.5 Å². The molecular formula is C20H20N4O2S. The lowest BCUT2D eigenvalue weighted by Gasteiger charge is -2.34.